The molecule has 104 valence electrons. The van der Waals surface area contributed by atoms with Crippen LogP contribution in [0.15, 0.2) is 24.3 Å². The Labute approximate surface area is 120 Å². The summed E-state index contributed by atoms with van der Waals surface area (Å²) in [6.45, 7) is 5.96. The van der Waals surface area contributed by atoms with Gasteiger partial charge in [0.25, 0.3) is 0 Å². The molecular formula is C15H22N2OS. The second-order valence-electron chi connectivity index (χ2n) is 4.98. The number of ether oxygens (including phenoxy) is 1. The van der Waals surface area contributed by atoms with Crippen molar-refractivity contribution in [3.05, 3.63) is 35.4 Å². The second kappa shape index (κ2) is 6.98. The Bertz CT molecular complexity index is 430. The molecule has 1 aliphatic heterocycles. The summed E-state index contributed by atoms with van der Waals surface area (Å²) in [6.07, 6.45) is 2.75. The van der Waals surface area contributed by atoms with Crippen LogP contribution in [0.5, 0.6) is 0 Å². The molecule has 0 saturated carbocycles. The van der Waals surface area contributed by atoms with E-state index >= 15 is 0 Å². The third kappa shape index (κ3) is 4.00. The van der Waals surface area contributed by atoms with Crippen molar-refractivity contribution in [3.8, 4) is 0 Å². The molecule has 1 unspecified atom stereocenters. The fourth-order valence-corrected chi connectivity index (χ4v) is 2.72. The first kappa shape index (κ1) is 14.4. The lowest BCUT2D eigenvalue weighted by atomic mass is 10.1. The van der Waals surface area contributed by atoms with E-state index < -0.39 is 0 Å². The van der Waals surface area contributed by atoms with Crippen LogP contribution in [0.4, 0.5) is 0 Å². The average molecular weight is 278 g/mol. The molecule has 0 amide bonds. The van der Waals surface area contributed by atoms with Crippen molar-refractivity contribution in [3.63, 3.8) is 0 Å². The predicted molar refractivity (Wildman–Crippen MR) is 82.3 cm³/mol. The summed E-state index contributed by atoms with van der Waals surface area (Å²) < 4.78 is 5.71. The quantitative estimate of drug-likeness (QED) is 0.811. The Kier molecular flexibility index (Phi) is 5.31. The van der Waals surface area contributed by atoms with E-state index in [1.807, 2.05) is 18.2 Å². The topological polar surface area (TPSA) is 38.5 Å². The van der Waals surface area contributed by atoms with E-state index in [4.69, 9.17) is 22.7 Å². The Morgan fingerprint density at radius 1 is 1.47 bits per heavy atom. The van der Waals surface area contributed by atoms with Crippen LogP contribution in [0.2, 0.25) is 0 Å². The van der Waals surface area contributed by atoms with Crippen LogP contribution >= 0.6 is 12.2 Å². The Morgan fingerprint density at radius 3 is 2.89 bits per heavy atom. The van der Waals surface area contributed by atoms with E-state index in [2.05, 4.69) is 17.9 Å². The Morgan fingerprint density at radius 2 is 2.26 bits per heavy atom. The molecule has 0 aromatic heterocycles. The molecule has 0 spiro atoms. The number of hydrogen-bond donors (Lipinski definition) is 1. The SMILES string of the molecule is CCN(Cc1ccccc1C(N)=S)CC1CCCO1. The van der Waals surface area contributed by atoms with Crippen LogP contribution in [0.3, 0.4) is 0 Å². The van der Waals surface area contributed by atoms with Gasteiger partial charge in [-0.1, -0.05) is 43.4 Å². The molecular weight excluding hydrogens is 256 g/mol. The van der Waals surface area contributed by atoms with Gasteiger partial charge in [-0.05, 0) is 24.9 Å². The van der Waals surface area contributed by atoms with E-state index in [0.717, 1.165) is 31.8 Å². The van der Waals surface area contributed by atoms with Gasteiger partial charge in [0.2, 0.25) is 0 Å². The van der Waals surface area contributed by atoms with Crippen molar-refractivity contribution in [1.29, 1.82) is 0 Å². The summed E-state index contributed by atoms with van der Waals surface area (Å²) in [7, 11) is 0. The van der Waals surface area contributed by atoms with Crippen molar-refractivity contribution in [2.75, 3.05) is 19.7 Å². The lowest BCUT2D eigenvalue weighted by Gasteiger charge is -2.24. The van der Waals surface area contributed by atoms with Gasteiger partial charge in [-0.2, -0.15) is 0 Å². The minimum atomic E-state index is 0.386. The molecule has 0 aliphatic carbocycles. The normalized spacial score (nSPS) is 18.9. The van der Waals surface area contributed by atoms with E-state index in [9.17, 15) is 0 Å². The zero-order valence-corrected chi connectivity index (χ0v) is 12.3. The van der Waals surface area contributed by atoms with Gasteiger partial charge in [-0.25, -0.2) is 0 Å². The van der Waals surface area contributed by atoms with Crippen molar-refractivity contribution >= 4 is 17.2 Å². The zero-order chi connectivity index (χ0) is 13.7. The highest BCUT2D eigenvalue weighted by Crippen LogP contribution is 2.16. The average Bonchev–Trinajstić information content (AvgIpc) is 2.91. The highest BCUT2D eigenvalue weighted by atomic mass is 32.1. The summed E-state index contributed by atoms with van der Waals surface area (Å²) >= 11 is 5.12. The molecule has 2 N–H and O–H groups in total. The first-order valence-electron chi connectivity index (χ1n) is 6.92. The first-order valence-corrected chi connectivity index (χ1v) is 7.33. The van der Waals surface area contributed by atoms with Crippen molar-refractivity contribution in [2.24, 2.45) is 5.73 Å². The molecule has 1 fully saturated rings. The minimum Gasteiger partial charge on any atom is -0.389 e. The third-order valence-corrected chi connectivity index (χ3v) is 3.83. The number of nitrogens with zero attached hydrogens (tertiary/aromatic N) is 1. The third-order valence-electron chi connectivity index (χ3n) is 3.61. The molecule has 1 aromatic rings. The fraction of sp³-hybridized carbons (Fsp3) is 0.533. The smallest absolute Gasteiger partial charge is 0.104 e. The minimum absolute atomic E-state index is 0.386. The van der Waals surface area contributed by atoms with Gasteiger partial charge in [-0.3, -0.25) is 4.90 Å². The summed E-state index contributed by atoms with van der Waals surface area (Å²) in [5.74, 6) is 0. The molecule has 2 rings (SSSR count). The lowest BCUT2D eigenvalue weighted by molar-refractivity contribution is 0.0725. The highest BCUT2D eigenvalue weighted by molar-refractivity contribution is 7.80. The number of hydrogen-bond acceptors (Lipinski definition) is 3. The summed E-state index contributed by atoms with van der Waals surface area (Å²) in [6, 6.07) is 8.12. The van der Waals surface area contributed by atoms with E-state index in [0.29, 0.717) is 11.1 Å². The summed E-state index contributed by atoms with van der Waals surface area (Å²) in [5, 5.41) is 0. The molecule has 19 heavy (non-hydrogen) atoms. The molecule has 3 nitrogen and oxygen atoms in total. The molecule has 1 aromatic carbocycles. The standard InChI is InChI=1S/C15H22N2OS/c1-2-17(11-13-7-5-9-18-13)10-12-6-3-4-8-14(12)15(16)19/h3-4,6,8,13H,2,5,7,9-11H2,1H3,(H2,16,19). The van der Waals surface area contributed by atoms with Crippen LogP contribution in [0.25, 0.3) is 0 Å². The van der Waals surface area contributed by atoms with Crippen molar-refractivity contribution in [1.82, 2.24) is 4.90 Å². The van der Waals surface area contributed by atoms with Crippen LogP contribution < -0.4 is 5.73 Å². The maximum atomic E-state index is 5.78. The Balaban J connectivity index is 2.03. The number of thiocarbonyl (C=S) groups is 1. The highest BCUT2D eigenvalue weighted by Gasteiger charge is 2.19. The Hall–Kier alpha value is -0.970. The molecule has 0 radical (unpaired) electrons. The van der Waals surface area contributed by atoms with Gasteiger partial charge in [0.1, 0.15) is 4.99 Å². The number of likely N-dealkylation sites (N-methyl/N-ethyl adjacent to an activating group) is 1. The lowest BCUT2D eigenvalue weighted by Crippen LogP contribution is -2.32. The molecule has 1 saturated heterocycles. The summed E-state index contributed by atoms with van der Waals surface area (Å²) in [4.78, 5) is 2.87. The van der Waals surface area contributed by atoms with Gasteiger partial charge in [-0.15, -0.1) is 0 Å². The molecule has 1 aliphatic rings. The molecule has 0 bridgehead atoms. The van der Waals surface area contributed by atoms with Crippen molar-refractivity contribution in [2.45, 2.75) is 32.4 Å². The zero-order valence-electron chi connectivity index (χ0n) is 11.5. The number of rotatable bonds is 6. The first-order chi connectivity index (χ1) is 9.20. The van der Waals surface area contributed by atoms with Gasteiger partial charge in [0.15, 0.2) is 0 Å². The van der Waals surface area contributed by atoms with Gasteiger partial charge >= 0.3 is 0 Å². The van der Waals surface area contributed by atoms with Gasteiger partial charge in [0.05, 0.1) is 6.10 Å². The monoisotopic (exact) mass is 278 g/mol. The number of nitrogens with two attached hydrogens (primary N) is 1. The largest absolute Gasteiger partial charge is 0.389 e. The van der Waals surface area contributed by atoms with E-state index in [1.165, 1.54) is 18.4 Å². The molecule has 4 heteroatoms. The van der Waals surface area contributed by atoms with Crippen LogP contribution in [0, 0.1) is 0 Å². The molecule has 1 heterocycles. The second-order valence-corrected chi connectivity index (χ2v) is 5.42. The fourth-order valence-electron chi connectivity index (χ4n) is 2.52. The van der Waals surface area contributed by atoms with Gasteiger partial charge < -0.3 is 10.5 Å². The van der Waals surface area contributed by atoms with Crippen LogP contribution in [-0.4, -0.2) is 35.7 Å². The summed E-state index contributed by atoms with van der Waals surface area (Å²) in [5.41, 5.74) is 7.98. The van der Waals surface area contributed by atoms with Gasteiger partial charge in [0, 0.05) is 25.3 Å². The molecule has 1 atom stereocenters. The number of benzene rings is 1. The predicted octanol–water partition coefficient (Wildman–Crippen LogP) is 2.32. The van der Waals surface area contributed by atoms with Crippen LogP contribution in [-0.2, 0) is 11.3 Å². The van der Waals surface area contributed by atoms with E-state index in [1.54, 1.807) is 0 Å². The van der Waals surface area contributed by atoms with Crippen molar-refractivity contribution < 1.29 is 4.74 Å². The maximum absolute atomic E-state index is 5.78. The van der Waals surface area contributed by atoms with E-state index in [-0.39, 0.29) is 0 Å². The van der Waals surface area contributed by atoms with Crippen LogP contribution in [0.1, 0.15) is 30.9 Å². The maximum Gasteiger partial charge on any atom is 0.104 e.